The number of Topliss-reactive ketones (excluding diaryl/α,β-unsaturated/α-hetero) is 1. The zero-order chi connectivity index (χ0) is 24.0. The van der Waals surface area contributed by atoms with Crippen molar-refractivity contribution >= 4 is 11.8 Å². The molecular formula is C25H38O6. The zero-order valence-corrected chi connectivity index (χ0v) is 20.3. The van der Waals surface area contributed by atoms with Gasteiger partial charge < -0.3 is 19.3 Å². The van der Waals surface area contributed by atoms with Crippen LogP contribution < -0.4 is 4.74 Å². The topological polar surface area (TPSA) is 82.1 Å². The predicted molar refractivity (Wildman–Crippen MR) is 121 cm³/mol. The normalized spacial score (nSPS) is 15.6. The van der Waals surface area contributed by atoms with Crippen LogP contribution in [0.3, 0.4) is 0 Å². The molecule has 6 heteroatoms. The average molecular weight is 435 g/mol. The fraction of sp³-hybridized carbons (Fsp3) is 0.600. The second-order valence-corrected chi connectivity index (χ2v) is 9.54. The second-order valence-electron chi connectivity index (χ2n) is 9.54. The fourth-order valence-corrected chi connectivity index (χ4v) is 3.53. The number of hydrogen-bond donors (Lipinski definition) is 1. The monoisotopic (exact) mass is 434 g/mol. The van der Waals surface area contributed by atoms with E-state index >= 15 is 0 Å². The molecule has 0 amide bonds. The smallest absolute Gasteiger partial charge is 0.334 e. The first kappa shape index (κ1) is 26.7. The number of methoxy groups -OCH3 is 2. The van der Waals surface area contributed by atoms with Crippen LogP contribution in [-0.4, -0.2) is 42.8 Å². The molecule has 1 aromatic carbocycles. The van der Waals surface area contributed by atoms with Crippen LogP contribution in [0.4, 0.5) is 0 Å². The van der Waals surface area contributed by atoms with E-state index in [1.807, 2.05) is 31.2 Å². The van der Waals surface area contributed by atoms with Crippen LogP contribution in [0.25, 0.3) is 0 Å². The Hall–Kier alpha value is -2.34. The summed E-state index contributed by atoms with van der Waals surface area (Å²) < 4.78 is 15.9. The molecule has 1 N–H and O–H groups in total. The molecule has 0 aliphatic carbocycles. The number of ether oxygens (including phenoxy) is 3. The van der Waals surface area contributed by atoms with E-state index in [2.05, 4.69) is 0 Å². The predicted octanol–water partition coefficient (Wildman–Crippen LogP) is 4.34. The van der Waals surface area contributed by atoms with Gasteiger partial charge in [-0.3, -0.25) is 4.79 Å². The lowest BCUT2D eigenvalue weighted by Crippen LogP contribution is -2.40. The van der Waals surface area contributed by atoms with Crippen molar-refractivity contribution in [2.75, 3.05) is 14.2 Å². The highest BCUT2D eigenvalue weighted by Gasteiger charge is 2.40. The van der Waals surface area contributed by atoms with Crippen LogP contribution in [-0.2, 0) is 25.5 Å². The number of hydrogen-bond acceptors (Lipinski definition) is 6. The third-order valence-electron chi connectivity index (χ3n) is 5.33. The maximum Gasteiger partial charge on any atom is 0.334 e. The van der Waals surface area contributed by atoms with Gasteiger partial charge in [0.05, 0.1) is 31.8 Å². The Bertz CT molecular complexity index is 770. The molecule has 1 rings (SSSR count). The summed E-state index contributed by atoms with van der Waals surface area (Å²) in [7, 11) is 3.03. The van der Waals surface area contributed by atoms with E-state index < -0.39 is 29.0 Å². The van der Waals surface area contributed by atoms with Crippen LogP contribution in [0.5, 0.6) is 5.75 Å². The minimum absolute atomic E-state index is 0.149. The van der Waals surface area contributed by atoms with E-state index in [1.165, 1.54) is 13.2 Å². The highest BCUT2D eigenvalue weighted by molar-refractivity contribution is 5.91. The van der Waals surface area contributed by atoms with Crippen LogP contribution in [0.15, 0.2) is 36.1 Å². The lowest BCUT2D eigenvalue weighted by Gasteiger charge is -2.32. The SMILES string of the molecule is CO/C(=C\C(=O)OC(C)(C)C)C(C)(C)C(=O)[C@H](C)[C@@H](O)[C@@H](C)Cc1ccc(OC)cc1. The minimum Gasteiger partial charge on any atom is -0.500 e. The first-order valence-corrected chi connectivity index (χ1v) is 10.6. The second kappa shape index (κ2) is 10.8. The summed E-state index contributed by atoms with van der Waals surface area (Å²) in [5.74, 6) is -0.617. The Balaban J connectivity index is 2.94. The number of allylic oxidation sites excluding steroid dienone is 1. The number of aliphatic hydroxyl groups excluding tert-OH is 1. The maximum atomic E-state index is 13.3. The van der Waals surface area contributed by atoms with Crippen molar-refractivity contribution in [1.29, 1.82) is 0 Å². The number of benzene rings is 1. The number of carbonyl (C=O) groups is 2. The third kappa shape index (κ3) is 7.69. The molecule has 0 saturated carbocycles. The molecule has 174 valence electrons. The van der Waals surface area contributed by atoms with E-state index in [0.717, 1.165) is 11.3 Å². The van der Waals surface area contributed by atoms with Gasteiger partial charge >= 0.3 is 5.97 Å². The maximum absolute atomic E-state index is 13.3. The Labute approximate surface area is 186 Å². The number of ketones is 1. The van der Waals surface area contributed by atoms with Gasteiger partial charge in [-0.1, -0.05) is 26.0 Å². The molecule has 0 aliphatic heterocycles. The molecule has 3 atom stereocenters. The molecule has 6 nitrogen and oxygen atoms in total. The Morgan fingerprint density at radius 3 is 2.03 bits per heavy atom. The molecule has 31 heavy (non-hydrogen) atoms. The van der Waals surface area contributed by atoms with Gasteiger partial charge in [0.1, 0.15) is 17.1 Å². The summed E-state index contributed by atoms with van der Waals surface area (Å²) in [4.78, 5) is 25.5. The Morgan fingerprint density at radius 1 is 1.03 bits per heavy atom. The first-order chi connectivity index (χ1) is 14.2. The number of esters is 1. The molecule has 0 aromatic heterocycles. The van der Waals surface area contributed by atoms with Crippen LogP contribution in [0, 0.1) is 17.3 Å². The third-order valence-corrected chi connectivity index (χ3v) is 5.33. The van der Waals surface area contributed by atoms with Gasteiger partial charge in [-0.2, -0.15) is 0 Å². The molecule has 0 radical (unpaired) electrons. The van der Waals surface area contributed by atoms with E-state index in [0.29, 0.717) is 6.42 Å². The quantitative estimate of drug-likeness (QED) is 0.335. The van der Waals surface area contributed by atoms with E-state index in [1.54, 1.807) is 48.7 Å². The van der Waals surface area contributed by atoms with Crippen LogP contribution >= 0.6 is 0 Å². The van der Waals surface area contributed by atoms with Gasteiger partial charge in [-0.05, 0) is 64.7 Å². The molecule has 0 saturated heterocycles. The molecule has 0 bridgehead atoms. The highest BCUT2D eigenvalue weighted by Crippen LogP contribution is 2.34. The van der Waals surface area contributed by atoms with Crippen LogP contribution in [0.1, 0.15) is 54.0 Å². The van der Waals surface area contributed by atoms with Gasteiger partial charge in [0, 0.05) is 5.92 Å². The van der Waals surface area contributed by atoms with Crippen molar-refractivity contribution in [3.05, 3.63) is 41.7 Å². The molecule has 0 aliphatic rings. The van der Waals surface area contributed by atoms with Crippen molar-refractivity contribution in [1.82, 2.24) is 0 Å². The molecule has 0 heterocycles. The highest BCUT2D eigenvalue weighted by atomic mass is 16.6. The lowest BCUT2D eigenvalue weighted by atomic mass is 9.75. The summed E-state index contributed by atoms with van der Waals surface area (Å²) in [5, 5.41) is 10.9. The van der Waals surface area contributed by atoms with Crippen molar-refractivity contribution in [3.63, 3.8) is 0 Å². The summed E-state index contributed by atoms with van der Waals surface area (Å²) >= 11 is 0. The van der Waals surface area contributed by atoms with E-state index in [-0.39, 0.29) is 17.5 Å². The largest absolute Gasteiger partial charge is 0.500 e. The van der Waals surface area contributed by atoms with Crippen molar-refractivity contribution in [2.24, 2.45) is 17.3 Å². The van der Waals surface area contributed by atoms with Gasteiger partial charge in [0.25, 0.3) is 0 Å². The molecule has 1 aromatic rings. The molecule has 0 unspecified atom stereocenters. The van der Waals surface area contributed by atoms with Gasteiger partial charge in [0.15, 0.2) is 5.78 Å². The minimum atomic E-state index is -1.11. The number of carbonyl (C=O) groups excluding carboxylic acids is 2. The summed E-state index contributed by atoms with van der Waals surface area (Å²) in [5.41, 5.74) is -0.707. The van der Waals surface area contributed by atoms with Gasteiger partial charge in [-0.15, -0.1) is 0 Å². The number of aliphatic hydroxyl groups is 1. The molecular weight excluding hydrogens is 396 g/mol. The van der Waals surface area contributed by atoms with Crippen molar-refractivity contribution < 1.29 is 28.9 Å². The Kier molecular flexibility index (Phi) is 9.30. The first-order valence-electron chi connectivity index (χ1n) is 10.6. The van der Waals surface area contributed by atoms with E-state index in [9.17, 15) is 14.7 Å². The van der Waals surface area contributed by atoms with Gasteiger partial charge in [-0.25, -0.2) is 4.79 Å². The van der Waals surface area contributed by atoms with Gasteiger partial charge in [0.2, 0.25) is 0 Å². The van der Waals surface area contributed by atoms with Crippen LogP contribution in [0.2, 0.25) is 0 Å². The Morgan fingerprint density at radius 2 is 1.58 bits per heavy atom. The van der Waals surface area contributed by atoms with Crippen molar-refractivity contribution in [3.8, 4) is 5.75 Å². The summed E-state index contributed by atoms with van der Waals surface area (Å²) in [6.07, 6.45) is 0.977. The summed E-state index contributed by atoms with van der Waals surface area (Å²) in [6, 6.07) is 7.65. The zero-order valence-electron chi connectivity index (χ0n) is 20.3. The summed E-state index contributed by atoms with van der Waals surface area (Å²) in [6.45, 7) is 12.3. The number of rotatable bonds is 10. The standard InChI is InChI=1S/C25H38O6/c1-16(14-18-10-12-19(29-8)13-11-18)22(27)17(2)23(28)25(6,7)20(30-9)15-21(26)31-24(3,4)5/h10-13,15-17,22,27H,14H2,1-9H3/b20-15-/t16-,17+,22-/m0/s1. The van der Waals surface area contributed by atoms with Crippen molar-refractivity contribution in [2.45, 2.75) is 66.6 Å². The van der Waals surface area contributed by atoms with E-state index in [4.69, 9.17) is 14.2 Å². The lowest BCUT2D eigenvalue weighted by molar-refractivity contribution is -0.148. The fourth-order valence-electron chi connectivity index (χ4n) is 3.53. The molecule has 0 fully saturated rings. The average Bonchev–Trinajstić information content (AvgIpc) is 2.69. The molecule has 0 spiro atoms.